The number of rotatable bonds is 5. The second kappa shape index (κ2) is 7.68. The van der Waals surface area contributed by atoms with Gasteiger partial charge in [-0.05, 0) is 49.4 Å². The molecule has 0 radical (unpaired) electrons. The zero-order chi connectivity index (χ0) is 17.9. The molecule has 3 aliphatic heterocycles. The second-order valence-electron chi connectivity index (χ2n) is 7.10. The molecule has 2 atom stereocenters. The van der Waals surface area contributed by atoms with Gasteiger partial charge in [0.05, 0.1) is 6.17 Å². The van der Waals surface area contributed by atoms with E-state index in [1.807, 2.05) is 30.3 Å². The fourth-order valence-corrected chi connectivity index (χ4v) is 4.03. The maximum atomic E-state index is 13.1. The number of fused-ring (bicyclic) bond motifs is 3. The molecule has 1 amide bonds. The van der Waals surface area contributed by atoms with E-state index in [0.29, 0.717) is 10.8 Å². The van der Waals surface area contributed by atoms with E-state index < -0.39 is 6.10 Å². The van der Waals surface area contributed by atoms with Crippen molar-refractivity contribution in [1.29, 1.82) is 0 Å². The number of nitrogens with zero attached hydrogens (tertiary/aromatic N) is 1. The molecule has 5 heteroatoms. The molecule has 3 aliphatic rings. The summed E-state index contributed by atoms with van der Waals surface area (Å²) in [7, 11) is 0. The van der Waals surface area contributed by atoms with Crippen LogP contribution >= 0.6 is 11.6 Å². The summed E-state index contributed by atoms with van der Waals surface area (Å²) >= 11 is 5.95. The number of hydrogen-bond acceptors (Lipinski definition) is 3. The van der Waals surface area contributed by atoms with Crippen LogP contribution in [0.4, 0.5) is 0 Å². The zero-order valence-corrected chi connectivity index (χ0v) is 15.4. The van der Waals surface area contributed by atoms with Crippen LogP contribution in [-0.4, -0.2) is 30.1 Å². The number of benzene rings is 2. The molecule has 2 aromatic rings. The van der Waals surface area contributed by atoms with Crippen molar-refractivity contribution < 1.29 is 9.53 Å². The molecule has 136 valence electrons. The molecule has 0 aromatic heterocycles. The first-order valence-electron chi connectivity index (χ1n) is 9.20. The number of carbonyl (C=O) groups is 1. The second-order valence-corrected chi connectivity index (χ2v) is 7.54. The molecule has 4 nitrogen and oxygen atoms in total. The lowest BCUT2D eigenvalue weighted by atomic mass is 9.86. The molecule has 0 spiro atoms. The van der Waals surface area contributed by atoms with Gasteiger partial charge in [0.1, 0.15) is 5.75 Å². The number of piperidine rings is 3. The van der Waals surface area contributed by atoms with Gasteiger partial charge in [0.15, 0.2) is 0 Å². The average Bonchev–Trinajstić information content (AvgIpc) is 2.69. The standard InChI is InChI=1S/C21H23ClN2O2/c22-17-6-8-18(9-7-17)26-20(16-4-2-1-3-5-16)21(25)23-19-14-15-10-12-24(19)13-11-15/h1-9,15,19-20H,10-14H2,(H,23,25). The van der Waals surface area contributed by atoms with Crippen LogP contribution in [0, 0.1) is 5.92 Å². The molecule has 2 unspecified atom stereocenters. The molecule has 3 fully saturated rings. The third-order valence-electron chi connectivity index (χ3n) is 5.36. The first-order chi connectivity index (χ1) is 12.7. The molecule has 0 saturated carbocycles. The molecule has 26 heavy (non-hydrogen) atoms. The topological polar surface area (TPSA) is 41.6 Å². The van der Waals surface area contributed by atoms with Crippen LogP contribution in [-0.2, 0) is 4.79 Å². The fraction of sp³-hybridized carbons (Fsp3) is 0.381. The lowest BCUT2D eigenvalue weighted by Gasteiger charge is -2.45. The Labute approximate surface area is 159 Å². The SMILES string of the molecule is O=C(NC1CC2CCN1CC2)C(Oc1ccc(Cl)cc1)c1ccccc1. The van der Waals surface area contributed by atoms with Crippen molar-refractivity contribution in [3.63, 3.8) is 0 Å². The van der Waals surface area contributed by atoms with Crippen molar-refractivity contribution in [2.24, 2.45) is 5.92 Å². The Kier molecular flexibility index (Phi) is 5.14. The third-order valence-corrected chi connectivity index (χ3v) is 5.62. The predicted molar refractivity (Wildman–Crippen MR) is 102 cm³/mol. The number of ether oxygens (including phenoxy) is 1. The quantitative estimate of drug-likeness (QED) is 0.864. The van der Waals surface area contributed by atoms with Gasteiger partial charge in [0, 0.05) is 23.7 Å². The van der Waals surface area contributed by atoms with Gasteiger partial charge in [-0.3, -0.25) is 9.69 Å². The van der Waals surface area contributed by atoms with Crippen molar-refractivity contribution in [3.8, 4) is 5.75 Å². The Morgan fingerprint density at radius 1 is 1.08 bits per heavy atom. The summed E-state index contributed by atoms with van der Waals surface area (Å²) in [5, 5.41) is 3.86. The van der Waals surface area contributed by atoms with E-state index in [0.717, 1.165) is 31.0 Å². The van der Waals surface area contributed by atoms with Gasteiger partial charge in [-0.15, -0.1) is 0 Å². The average molecular weight is 371 g/mol. The van der Waals surface area contributed by atoms with E-state index in [1.165, 1.54) is 12.8 Å². The third kappa shape index (κ3) is 3.87. The van der Waals surface area contributed by atoms with Crippen LogP contribution in [0.25, 0.3) is 0 Å². The summed E-state index contributed by atoms with van der Waals surface area (Å²) in [5.74, 6) is 1.27. The Morgan fingerprint density at radius 3 is 2.38 bits per heavy atom. The molecular weight excluding hydrogens is 348 g/mol. The number of amides is 1. The Morgan fingerprint density at radius 2 is 1.77 bits per heavy atom. The maximum Gasteiger partial charge on any atom is 0.267 e. The van der Waals surface area contributed by atoms with Gasteiger partial charge in [-0.1, -0.05) is 41.9 Å². The van der Waals surface area contributed by atoms with E-state index in [1.54, 1.807) is 24.3 Å². The van der Waals surface area contributed by atoms with Crippen LogP contribution in [0.15, 0.2) is 54.6 Å². The summed E-state index contributed by atoms with van der Waals surface area (Å²) in [6.45, 7) is 2.15. The van der Waals surface area contributed by atoms with E-state index in [4.69, 9.17) is 16.3 Å². The van der Waals surface area contributed by atoms with E-state index in [9.17, 15) is 4.79 Å². The van der Waals surface area contributed by atoms with Crippen molar-refractivity contribution in [3.05, 3.63) is 65.2 Å². The molecule has 5 rings (SSSR count). The van der Waals surface area contributed by atoms with Crippen molar-refractivity contribution in [2.45, 2.75) is 31.5 Å². The summed E-state index contributed by atoms with van der Waals surface area (Å²) in [5.41, 5.74) is 0.843. The highest BCUT2D eigenvalue weighted by Crippen LogP contribution is 2.31. The van der Waals surface area contributed by atoms with Crippen molar-refractivity contribution >= 4 is 17.5 Å². The van der Waals surface area contributed by atoms with E-state index in [2.05, 4.69) is 10.2 Å². The largest absolute Gasteiger partial charge is 0.476 e. The van der Waals surface area contributed by atoms with Gasteiger partial charge in [-0.2, -0.15) is 0 Å². The Bertz CT molecular complexity index is 742. The van der Waals surface area contributed by atoms with Crippen LogP contribution in [0.5, 0.6) is 5.75 Å². The molecule has 1 N–H and O–H groups in total. The maximum absolute atomic E-state index is 13.1. The van der Waals surface area contributed by atoms with Gasteiger partial charge >= 0.3 is 0 Å². The van der Waals surface area contributed by atoms with Gasteiger partial charge in [0.25, 0.3) is 5.91 Å². The van der Waals surface area contributed by atoms with E-state index in [-0.39, 0.29) is 12.1 Å². The first kappa shape index (κ1) is 17.4. The summed E-state index contributed by atoms with van der Waals surface area (Å²) in [4.78, 5) is 15.4. The minimum atomic E-state index is -0.681. The molecule has 3 heterocycles. The summed E-state index contributed by atoms with van der Waals surface area (Å²) in [6, 6.07) is 16.7. The van der Waals surface area contributed by atoms with Crippen LogP contribution in [0.2, 0.25) is 5.02 Å². The minimum Gasteiger partial charge on any atom is -0.476 e. The van der Waals surface area contributed by atoms with Crippen molar-refractivity contribution in [1.82, 2.24) is 10.2 Å². The highest BCUT2D eigenvalue weighted by Gasteiger charge is 2.36. The smallest absolute Gasteiger partial charge is 0.267 e. The molecule has 3 saturated heterocycles. The van der Waals surface area contributed by atoms with Crippen LogP contribution in [0.1, 0.15) is 30.9 Å². The van der Waals surface area contributed by atoms with E-state index >= 15 is 0 Å². The number of carbonyl (C=O) groups excluding carboxylic acids is 1. The molecule has 0 aliphatic carbocycles. The normalized spacial score (nSPS) is 25.5. The molecule has 2 aromatic carbocycles. The predicted octanol–water partition coefficient (Wildman–Crippen LogP) is 4.02. The van der Waals surface area contributed by atoms with Gasteiger partial charge in [-0.25, -0.2) is 0 Å². The number of hydrogen-bond donors (Lipinski definition) is 1. The monoisotopic (exact) mass is 370 g/mol. The highest BCUT2D eigenvalue weighted by molar-refractivity contribution is 6.30. The van der Waals surface area contributed by atoms with Gasteiger partial charge < -0.3 is 10.1 Å². The Balaban J connectivity index is 1.52. The number of halogens is 1. The van der Waals surface area contributed by atoms with Crippen LogP contribution < -0.4 is 10.1 Å². The number of nitrogens with one attached hydrogen (secondary N) is 1. The zero-order valence-electron chi connectivity index (χ0n) is 14.6. The Hall–Kier alpha value is -2.04. The minimum absolute atomic E-state index is 0.0938. The fourth-order valence-electron chi connectivity index (χ4n) is 3.91. The highest BCUT2D eigenvalue weighted by atomic mass is 35.5. The molecule has 2 bridgehead atoms. The van der Waals surface area contributed by atoms with Gasteiger partial charge in [0.2, 0.25) is 6.10 Å². The van der Waals surface area contributed by atoms with Crippen LogP contribution in [0.3, 0.4) is 0 Å². The lowest BCUT2D eigenvalue weighted by Crippen LogP contribution is -2.57. The first-order valence-corrected chi connectivity index (χ1v) is 9.58. The molecular formula is C21H23ClN2O2. The lowest BCUT2D eigenvalue weighted by molar-refractivity contribution is -0.132. The summed E-state index contributed by atoms with van der Waals surface area (Å²) < 4.78 is 6.05. The summed E-state index contributed by atoms with van der Waals surface area (Å²) in [6.07, 6.45) is 2.97. The van der Waals surface area contributed by atoms with Crippen molar-refractivity contribution in [2.75, 3.05) is 13.1 Å².